The highest BCUT2D eigenvalue weighted by atomic mass is 32.2. The zero-order valence-electron chi connectivity index (χ0n) is 17.3. The minimum Gasteiger partial charge on any atom is -0.464 e. The second kappa shape index (κ2) is 9.13. The number of hydrogen-bond donors (Lipinski definition) is 3. The molecule has 1 saturated heterocycles. The Morgan fingerprint density at radius 1 is 1.12 bits per heavy atom. The molecule has 2 amide bonds. The Morgan fingerprint density at radius 3 is 2.78 bits per heavy atom. The topological polar surface area (TPSA) is 109 Å². The molecule has 164 valence electrons. The zero-order valence-corrected chi connectivity index (χ0v) is 18.2. The Bertz CT molecular complexity index is 1180. The van der Waals surface area contributed by atoms with Gasteiger partial charge in [-0.25, -0.2) is 9.97 Å². The third kappa shape index (κ3) is 4.84. The predicted molar refractivity (Wildman–Crippen MR) is 124 cm³/mol. The fraction of sp³-hybridized carbons (Fsp3) is 0.304. The molecule has 0 radical (unpaired) electrons. The summed E-state index contributed by atoms with van der Waals surface area (Å²) in [6, 6.07) is 10.8. The third-order valence-corrected chi connectivity index (χ3v) is 6.58. The van der Waals surface area contributed by atoms with E-state index >= 15 is 0 Å². The maximum Gasteiger partial charge on any atom is 0.290 e. The number of fused-ring (bicyclic) bond motifs is 1. The molecule has 2 fully saturated rings. The van der Waals surface area contributed by atoms with Crippen molar-refractivity contribution in [3.8, 4) is 0 Å². The summed E-state index contributed by atoms with van der Waals surface area (Å²) in [5, 5.41) is 10.1. The van der Waals surface area contributed by atoms with Crippen molar-refractivity contribution in [3.63, 3.8) is 0 Å². The highest BCUT2D eigenvalue weighted by Crippen LogP contribution is 2.26. The van der Waals surface area contributed by atoms with Crippen molar-refractivity contribution in [2.24, 2.45) is 0 Å². The Kier molecular flexibility index (Phi) is 5.91. The van der Waals surface area contributed by atoms with Gasteiger partial charge in [-0.2, -0.15) is 0 Å². The van der Waals surface area contributed by atoms with E-state index in [4.69, 9.17) is 4.42 Å². The lowest BCUT2D eigenvalue weighted by atomic mass is 9.91. The van der Waals surface area contributed by atoms with Gasteiger partial charge in [-0.15, -0.1) is 0 Å². The quantitative estimate of drug-likeness (QED) is 0.484. The van der Waals surface area contributed by atoms with Gasteiger partial charge in [0.25, 0.3) is 11.1 Å². The number of rotatable bonds is 6. The van der Waals surface area contributed by atoms with Gasteiger partial charge < -0.3 is 15.1 Å². The first-order valence-electron chi connectivity index (χ1n) is 10.7. The van der Waals surface area contributed by atoms with Crippen molar-refractivity contribution in [3.05, 3.63) is 59.0 Å². The van der Waals surface area contributed by atoms with E-state index in [1.165, 1.54) is 5.56 Å². The summed E-state index contributed by atoms with van der Waals surface area (Å²) in [6.45, 7) is 0.845. The fourth-order valence-electron chi connectivity index (χ4n) is 4.09. The van der Waals surface area contributed by atoms with Crippen LogP contribution in [0.4, 0.5) is 10.7 Å². The van der Waals surface area contributed by atoms with Gasteiger partial charge in [-0.1, -0.05) is 6.07 Å². The van der Waals surface area contributed by atoms with Crippen LogP contribution in [0.2, 0.25) is 0 Å². The number of thioether (sulfide) groups is 1. The van der Waals surface area contributed by atoms with Crippen molar-refractivity contribution in [2.45, 2.75) is 44.3 Å². The van der Waals surface area contributed by atoms with E-state index < -0.39 is 0 Å². The maximum atomic E-state index is 11.7. The second-order valence-corrected chi connectivity index (χ2v) is 9.04. The number of carbonyl (C=O) groups excluding carboxylic acids is 2. The number of furan rings is 1. The molecular weight excluding hydrogens is 426 g/mol. The van der Waals surface area contributed by atoms with Crippen molar-refractivity contribution in [2.75, 3.05) is 5.32 Å². The molecule has 2 aliphatic rings. The van der Waals surface area contributed by atoms with Crippen molar-refractivity contribution in [1.82, 2.24) is 20.6 Å². The predicted octanol–water partition coefficient (Wildman–Crippen LogP) is 4.06. The normalized spacial score (nSPS) is 22.4. The summed E-state index contributed by atoms with van der Waals surface area (Å²) in [5.41, 5.74) is 2.77. The molecule has 1 saturated carbocycles. The van der Waals surface area contributed by atoms with Gasteiger partial charge >= 0.3 is 0 Å². The number of nitrogens with one attached hydrogen (secondary N) is 3. The van der Waals surface area contributed by atoms with Gasteiger partial charge in [-0.05, 0) is 73.4 Å². The molecule has 9 heteroatoms. The van der Waals surface area contributed by atoms with E-state index in [2.05, 4.69) is 38.1 Å². The fourth-order valence-corrected chi connectivity index (χ4v) is 4.76. The molecule has 3 heterocycles. The molecular formula is C23H23N5O3S. The van der Waals surface area contributed by atoms with Crippen molar-refractivity contribution >= 4 is 45.9 Å². The molecule has 5 rings (SSSR count). The number of imide groups is 1. The van der Waals surface area contributed by atoms with E-state index in [0.29, 0.717) is 28.6 Å². The summed E-state index contributed by atoms with van der Waals surface area (Å²) >= 11 is 0.883. The Hall–Kier alpha value is -3.17. The number of anilines is 1. The summed E-state index contributed by atoms with van der Waals surface area (Å²) in [6.07, 6.45) is 9.20. The van der Waals surface area contributed by atoms with Crippen LogP contribution in [0.3, 0.4) is 0 Å². The standard InChI is InChI=1S/C23H23N5O3S/c29-21-20(32-23(30)28-21)12-18-7-9-24-22(27-18)26-17-4-2-16(3-5-17)25-13-14-1-6-19-15(11-14)8-10-31-19/h1,6-12,16-17,25H,2-5,13H2,(H,24,26,27)(H,28,29,30)/b20-12-/t16-,17-. The lowest BCUT2D eigenvalue weighted by Crippen LogP contribution is -2.36. The molecule has 1 aromatic carbocycles. The van der Waals surface area contributed by atoms with E-state index in [-0.39, 0.29) is 11.1 Å². The number of benzene rings is 1. The summed E-state index contributed by atoms with van der Waals surface area (Å²) in [5.74, 6) is 0.155. The lowest BCUT2D eigenvalue weighted by Gasteiger charge is -2.29. The first-order chi connectivity index (χ1) is 15.6. The van der Waals surface area contributed by atoms with E-state index in [1.54, 1.807) is 24.6 Å². The molecule has 2 aromatic heterocycles. The van der Waals surface area contributed by atoms with Crippen LogP contribution in [0.1, 0.15) is 36.9 Å². The molecule has 1 aliphatic heterocycles. The Labute approximate surface area is 189 Å². The summed E-state index contributed by atoms with van der Waals surface area (Å²) in [4.78, 5) is 32.2. The number of hydrogen-bond acceptors (Lipinski definition) is 8. The van der Waals surface area contributed by atoms with E-state index in [0.717, 1.165) is 55.0 Å². The minimum absolute atomic E-state index is 0.309. The molecule has 3 aromatic rings. The van der Waals surface area contributed by atoms with Gasteiger partial charge in [0.05, 0.1) is 16.9 Å². The van der Waals surface area contributed by atoms with Crippen molar-refractivity contribution in [1.29, 1.82) is 0 Å². The van der Waals surface area contributed by atoms with Crippen LogP contribution >= 0.6 is 11.8 Å². The highest BCUT2D eigenvalue weighted by Gasteiger charge is 2.25. The molecule has 0 atom stereocenters. The summed E-state index contributed by atoms with van der Waals surface area (Å²) in [7, 11) is 0. The smallest absolute Gasteiger partial charge is 0.290 e. The summed E-state index contributed by atoms with van der Waals surface area (Å²) < 4.78 is 5.40. The van der Waals surface area contributed by atoms with Crippen molar-refractivity contribution < 1.29 is 14.0 Å². The second-order valence-electron chi connectivity index (χ2n) is 8.02. The van der Waals surface area contributed by atoms with Crippen LogP contribution in [-0.2, 0) is 11.3 Å². The van der Waals surface area contributed by atoms with E-state index in [9.17, 15) is 9.59 Å². The van der Waals surface area contributed by atoms with Crippen LogP contribution in [0.15, 0.2) is 52.1 Å². The van der Waals surface area contributed by atoms with Gasteiger partial charge in [0.1, 0.15) is 5.58 Å². The highest BCUT2D eigenvalue weighted by molar-refractivity contribution is 8.18. The Balaban J connectivity index is 1.12. The first-order valence-corrected chi connectivity index (χ1v) is 11.5. The minimum atomic E-state index is -0.386. The van der Waals surface area contributed by atoms with Gasteiger partial charge in [-0.3, -0.25) is 14.9 Å². The van der Waals surface area contributed by atoms with Crippen LogP contribution in [-0.4, -0.2) is 33.2 Å². The molecule has 0 spiro atoms. The largest absolute Gasteiger partial charge is 0.464 e. The molecule has 0 bridgehead atoms. The van der Waals surface area contributed by atoms with Crippen LogP contribution in [0.25, 0.3) is 17.0 Å². The molecule has 1 aliphatic carbocycles. The van der Waals surface area contributed by atoms with Gasteiger partial charge in [0, 0.05) is 30.2 Å². The molecule has 0 unspecified atom stereocenters. The zero-order chi connectivity index (χ0) is 21.9. The number of carbonyl (C=O) groups is 2. The Morgan fingerprint density at radius 2 is 1.97 bits per heavy atom. The maximum absolute atomic E-state index is 11.7. The lowest BCUT2D eigenvalue weighted by molar-refractivity contribution is -0.115. The molecule has 8 nitrogen and oxygen atoms in total. The van der Waals surface area contributed by atoms with Crippen LogP contribution < -0.4 is 16.0 Å². The van der Waals surface area contributed by atoms with E-state index in [1.807, 2.05) is 12.1 Å². The SMILES string of the molecule is O=C1NC(=O)/C(=C/c2ccnc(N[C@H]3CC[C@H](NCc4ccc5occc5c4)CC3)n2)S1. The van der Waals surface area contributed by atoms with Crippen LogP contribution in [0.5, 0.6) is 0 Å². The average Bonchev–Trinajstić information content (AvgIpc) is 3.38. The first kappa shape index (κ1) is 20.7. The number of nitrogens with zero attached hydrogens (tertiary/aromatic N) is 2. The molecule has 32 heavy (non-hydrogen) atoms. The third-order valence-electron chi connectivity index (χ3n) is 5.77. The monoisotopic (exact) mass is 449 g/mol. The molecule has 3 N–H and O–H groups in total. The van der Waals surface area contributed by atoms with Crippen LogP contribution in [0, 0.1) is 0 Å². The van der Waals surface area contributed by atoms with Gasteiger partial charge in [0.15, 0.2) is 0 Å². The average molecular weight is 450 g/mol. The number of aromatic nitrogens is 2. The van der Waals surface area contributed by atoms with Gasteiger partial charge in [0.2, 0.25) is 5.95 Å². The number of amides is 2.